The summed E-state index contributed by atoms with van der Waals surface area (Å²) in [5.74, 6) is 1.47. The quantitative estimate of drug-likeness (QED) is 0.390. The van der Waals surface area contributed by atoms with Crippen molar-refractivity contribution < 1.29 is 9.47 Å². The molecule has 0 aliphatic carbocycles. The number of unbranched alkanes of at least 4 members (excludes halogenated alkanes) is 1. The molecule has 0 saturated heterocycles. The second-order valence-electron chi connectivity index (χ2n) is 5.14. The molecule has 0 saturated carbocycles. The normalized spacial score (nSPS) is 12.8. The predicted octanol–water partition coefficient (Wildman–Crippen LogP) is 3.09. The lowest BCUT2D eigenvalue weighted by atomic mass is 10.3. The number of nitrogens with one attached hydrogen (secondary N) is 2. The van der Waals surface area contributed by atoms with Crippen LogP contribution >= 0.6 is 11.6 Å². The molecule has 0 bridgehead atoms. The molecule has 130 valence electrons. The minimum atomic E-state index is -0.0218. The van der Waals surface area contributed by atoms with E-state index < -0.39 is 0 Å². The number of nitrogens with zero attached hydrogens (tertiary/aromatic N) is 1. The lowest BCUT2D eigenvalue weighted by molar-refractivity contribution is 0.143. The average molecular weight is 342 g/mol. The van der Waals surface area contributed by atoms with E-state index >= 15 is 0 Å². The average Bonchev–Trinajstić information content (AvgIpc) is 2.55. The van der Waals surface area contributed by atoms with E-state index in [1.54, 1.807) is 7.05 Å². The van der Waals surface area contributed by atoms with E-state index in [0.29, 0.717) is 17.3 Å². The summed E-state index contributed by atoms with van der Waals surface area (Å²) in [4.78, 5) is 4.20. The van der Waals surface area contributed by atoms with Crippen LogP contribution in [0.5, 0.6) is 5.75 Å². The van der Waals surface area contributed by atoms with E-state index in [2.05, 4.69) is 15.6 Å². The highest BCUT2D eigenvalue weighted by molar-refractivity contribution is 6.32. The Bertz CT molecular complexity index is 469. The minimum Gasteiger partial charge on any atom is -0.487 e. The highest BCUT2D eigenvalue weighted by atomic mass is 35.5. The first-order chi connectivity index (χ1) is 11.2. The van der Waals surface area contributed by atoms with Crippen LogP contribution in [0.2, 0.25) is 5.02 Å². The molecule has 1 aromatic carbocycles. The summed E-state index contributed by atoms with van der Waals surface area (Å²) in [6.45, 7) is 7.10. The molecule has 0 amide bonds. The van der Waals surface area contributed by atoms with E-state index in [4.69, 9.17) is 21.1 Å². The Morgan fingerprint density at radius 3 is 2.74 bits per heavy atom. The van der Waals surface area contributed by atoms with E-state index in [1.165, 1.54) is 0 Å². The van der Waals surface area contributed by atoms with Gasteiger partial charge in [-0.25, -0.2) is 0 Å². The summed E-state index contributed by atoms with van der Waals surface area (Å²) in [7, 11) is 1.76. The van der Waals surface area contributed by atoms with Crippen molar-refractivity contribution in [2.24, 2.45) is 4.99 Å². The number of ether oxygens (including phenoxy) is 2. The predicted molar refractivity (Wildman–Crippen MR) is 96.6 cm³/mol. The van der Waals surface area contributed by atoms with Gasteiger partial charge in [-0.15, -0.1) is 0 Å². The van der Waals surface area contributed by atoms with Gasteiger partial charge >= 0.3 is 0 Å². The van der Waals surface area contributed by atoms with Crippen LogP contribution in [-0.4, -0.2) is 45.4 Å². The zero-order valence-corrected chi connectivity index (χ0v) is 15.0. The molecule has 0 radical (unpaired) electrons. The third-order valence-corrected chi connectivity index (χ3v) is 3.47. The third kappa shape index (κ3) is 8.67. The van der Waals surface area contributed by atoms with E-state index in [1.807, 2.05) is 38.1 Å². The van der Waals surface area contributed by atoms with Gasteiger partial charge in [-0.05, 0) is 38.8 Å². The summed E-state index contributed by atoms with van der Waals surface area (Å²) >= 11 is 6.09. The first-order valence-corrected chi connectivity index (χ1v) is 8.48. The molecular formula is C17H28ClN3O2. The number of rotatable bonds is 10. The van der Waals surface area contributed by atoms with Crippen molar-refractivity contribution in [2.75, 3.05) is 33.4 Å². The summed E-state index contributed by atoms with van der Waals surface area (Å²) in [5.41, 5.74) is 0. The van der Waals surface area contributed by atoms with Crippen LogP contribution < -0.4 is 15.4 Å². The number of guanidine groups is 1. The SMILES string of the molecule is CCOCCCCNC(=NC)NCC(C)Oc1ccccc1Cl. The van der Waals surface area contributed by atoms with E-state index in [9.17, 15) is 0 Å². The van der Waals surface area contributed by atoms with E-state index in [-0.39, 0.29) is 6.10 Å². The molecule has 0 heterocycles. The monoisotopic (exact) mass is 341 g/mol. The maximum absolute atomic E-state index is 6.09. The number of benzene rings is 1. The number of hydrogen-bond donors (Lipinski definition) is 2. The van der Waals surface area contributed by atoms with Crippen molar-refractivity contribution in [3.63, 3.8) is 0 Å². The molecule has 0 aliphatic rings. The molecule has 2 N–H and O–H groups in total. The molecule has 23 heavy (non-hydrogen) atoms. The molecule has 6 heteroatoms. The lowest BCUT2D eigenvalue weighted by Crippen LogP contribution is -2.42. The zero-order valence-electron chi connectivity index (χ0n) is 14.3. The molecule has 1 aromatic rings. The Balaban J connectivity index is 2.22. The fourth-order valence-electron chi connectivity index (χ4n) is 1.94. The topological polar surface area (TPSA) is 54.9 Å². The Hall–Kier alpha value is -1.46. The van der Waals surface area contributed by atoms with Crippen LogP contribution in [0.25, 0.3) is 0 Å². The number of para-hydroxylation sites is 1. The molecule has 1 rings (SSSR count). The molecule has 0 fully saturated rings. The van der Waals surface area contributed by atoms with Crippen LogP contribution in [-0.2, 0) is 4.74 Å². The fourth-order valence-corrected chi connectivity index (χ4v) is 2.12. The molecule has 1 atom stereocenters. The second-order valence-corrected chi connectivity index (χ2v) is 5.55. The Labute approximate surface area is 144 Å². The zero-order chi connectivity index (χ0) is 16.9. The minimum absolute atomic E-state index is 0.0218. The highest BCUT2D eigenvalue weighted by Gasteiger charge is 2.07. The standard InChI is InChI=1S/C17H28ClN3O2/c1-4-22-12-8-7-11-20-17(19-3)21-13-14(2)23-16-10-6-5-9-15(16)18/h5-6,9-10,14H,4,7-8,11-13H2,1-3H3,(H2,19,20,21). The smallest absolute Gasteiger partial charge is 0.191 e. The van der Waals surface area contributed by atoms with Gasteiger partial charge in [0.25, 0.3) is 0 Å². The number of aliphatic imine (C=N–C) groups is 1. The Morgan fingerprint density at radius 2 is 2.04 bits per heavy atom. The molecule has 0 aliphatic heterocycles. The molecular weight excluding hydrogens is 314 g/mol. The van der Waals surface area contributed by atoms with Crippen LogP contribution in [0.1, 0.15) is 26.7 Å². The highest BCUT2D eigenvalue weighted by Crippen LogP contribution is 2.23. The first-order valence-electron chi connectivity index (χ1n) is 8.10. The van der Waals surface area contributed by atoms with Crippen molar-refractivity contribution >= 4 is 17.6 Å². The maximum Gasteiger partial charge on any atom is 0.191 e. The van der Waals surface area contributed by atoms with Gasteiger partial charge < -0.3 is 20.1 Å². The van der Waals surface area contributed by atoms with Crippen molar-refractivity contribution in [1.29, 1.82) is 0 Å². The Morgan fingerprint density at radius 1 is 1.26 bits per heavy atom. The van der Waals surface area contributed by atoms with Crippen LogP contribution in [0, 0.1) is 0 Å². The van der Waals surface area contributed by atoms with Crippen LogP contribution in [0.3, 0.4) is 0 Å². The van der Waals surface area contributed by atoms with Gasteiger partial charge in [0, 0.05) is 26.8 Å². The first kappa shape index (κ1) is 19.6. The third-order valence-electron chi connectivity index (χ3n) is 3.16. The molecule has 5 nitrogen and oxygen atoms in total. The van der Waals surface area contributed by atoms with Gasteiger partial charge in [-0.2, -0.15) is 0 Å². The van der Waals surface area contributed by atoms with Gasteiger partial charge in [-0.1, -0.05) is 23.7 Å². The van der Waals surface area contributed by atoms with Gasteiger partial charge in [0.2, 0.25) is 0 Å². The fraction of sp³-hybridized carbons (Fsp3) is 0.588. The summed E-state index contributed by atoms with van der Waals surface area (Å²) in [6.07, 6.45) is 2.07. The lowest BCUT2D eigenvalue weighted by Gasteiger charge is -2.18. The van der Waals surface area contributed by atoms with Gasteiger partial charge in [0.15, 0.2) is 5.96 Å². The summed E-state index contributed by atoms with van der Waals surface area (Å²) in [6, 6.07) is 7.48. The van der Waals surface area contributed by atoms with Crippen molar-refractivity contribution in [3.8, 4) is 5.75 Å². The van der Waals surface area contributed by atoms with Crippen molar-refractivity contribution in [2.45, 2.75) is 32.8 Å². The van der Waals surface area contributed by atoms with Crippen molar-refractivity contribution in [3.05, 3.63) is 29.3 Å². The summed E-state index contributed by atoms with van der Waals surface area (Å²) < 4.78 is 11.1. The van der Waals surface area contributed by atoms with E-state index in [0.717, 1.165) is 38.6 Å². The molecule has 0 spiro atoms. The Kier molecular flexibility index (Phi) is 10.2. The number of halogens is 1. The molecule has 0 aromatic heterocycles. The molecule has 1 unspecified atom stereocenters. The van der Waals surface area contributed by atoms with Gasteiger partial charge in [0.05, 0.1) is 11.6 Å². The second kappa shape index (κ2) is 12.0. The summed E-state index contributed by atoms with van der Waals surface area (Å²) in [5, 5.41) is 7.15. The van der Waals surface area contributed by atoms with Gasteiger partial charge in [0.1, 0.15) is 11.9 Å². The van der Waals surface area contributed by atoms with Gasteiger partial charge in [-0.3, -0.25) is 4.99 Å². The number of hydrogen-bond acceptors (Lipinski definition) is 3. The van der Waals surface area contributed by atoms with Crippen LogP contribution in [0.4, 0.5) is 0 Å². The van der Waals surface area contributed by atoms with Crippen molar-refractivity contribution in [1.82, 2.24) is 10.6 Å². The maximum atomic E-state index is 6.09. The largest absolute Gasteiger partial charge is 0.487 e. The van der Waals surface area contributed by atoms with Crippen LogP contribution in [0.15, 0.2) is 29.3 Å².